The third kappa shape index (κ3) is 4.31. The Morgan fingerprint density at radius 2 is 1.76 bits per heavy atom. The highest BCUT2D eigenvalue weighted by molar-refractivity contribution is 5.75. The van der Waals surface area contributed by atoms with Crippen molar-refractivity contribution in [1.82, 2.24) is 9.55 Å². The van der Waals surface area contributed by atoms with E-state index >= 15 is 0 Å². The minimum atomic E-state index is 0.184. The first-order valence-electron chi connectivity index (χ1n) is 8.63. The van der Waals surface area contributed by atoms with Crippen LogP contribution in [0.3, 0.4) is 0 Å². The Bertz CT molecular complexity index is 796. The Morgan fingerprint density at radius 1 is 1.00 bits per heavy atom. The first-order chi connectivity index (χ1) is 12.3. The van der Waals surface area contributed by atoms with Gasteiger partial charge >= 0.3 is 0 Å². The molecule has 0 aliphatic carbocycles. The van der Waals surface area contributed by atoms with Crippen molar-refractivity contribution in [3.05, 3.63) is 54.4 Å². The van der Waals surface area contributed by atoms with Crippen LogP contribution in [-0.4, -0.2) is 35.0 Å². The van der Waals surface area contributed by atoms with Gasteiger partial charge in [-0.25, -0.2) is 4.98 Å². The Hall–Kier alpha value is -2.53. The smallest absolute Gasteiger partial charge is 0.119 e. The molecule has 0 amide bonds. The van der Waals surface area contributed by atoms with Gasteiger partial charge in [0.2, 0.25) is 0 Å². The highest BCUT2D eigenvalue weighted by atomic mass is 16.5. The van der Waals surface area contributed by atoms with Gasteiger partial charge in [0.15, 0.2) is 0 Å². The van der Waals surface area contributed by atoms with Gasteiger partial charge < -0.3 is 19.1 Å². The SMILES string of the molecule is COc1ccc(OCCCn2c(CCCO)nc3ccccc32)cc1. The van der Waals surface area contributed by atoms with Gasteiger partial charge in [-0.2, -0.15) is 0 Å². The van der Waals surface area contributed by atoms with E-state index in [1.54, 1.807) is 7.11 Å². The average Bonchev–Trinajstić information content (AvgIpc) is 3.01. The molecular formula is C20H24N2O3. The number of aliphatic hydroxyl groups excluding tert-OH is 1. The highest BCUT2D eigenvalue weighted by Gasteiger charge is 2.09. The van der Waals surface area contributed by atoms with Crippen LogP contribution in [0.15, 0.2) is 48.5 Å². The molecule has 0 bridgehead atoms. The first kappa shape index (κ1) is 17.3. The Kier molecular flexibility index (Phi) is 5.90. The lowest BCUT2D eigenvalue weighted by Gasteiger charge is -2.10. The van der Waals surface area contributed by atoms with Crippen LogP contribution in [0.2, 0.25) is 0 Å². The van der Waals surface area contributed by atoms with Gasteiger partial charge in [0.05, 0.1) is 24.8 Å². The van der Waals surface area contributed by atoms with E-state index in [0.717, 1.165) is 54.2 Å². The third-order valence-corrected chi connectivity index (χ3v) is 4.15. The standard InChI is InChI=1S/C20H24N2O3/c1-24-16-9-11-17(12-10-16)25-15-5-13-22-19-7-3-2-6-18(19)21-20(22)8-4-14-23/h2-3,6-7,9-12,23H,4-5,8,13-15H2,1H3. The van der Waals surface area contributed by atoms with Gasteiger partial charge in [-0.3, -0.25) is 0 Å². The lowest BCUT2D eigenvalue weighted by molar-refractivity contribution is 0.285. The van der Waals surface area contributed by atoms with E-state index in [1.165, 1.54) is 0 Å². The van der Waals surface area contributed by atoms with Crippen LogP contribution in [0.4, 0.5) is 0 Å². The zero-order valence-electron chi connectivity index (χ0n) is 14.5. The molecule has 0 radical (unpaired) electrons. The van der Waals surface area contributed by atoms with Crippen LogP contribution in [0.25, 0.3) is 11.0 Å². The number of ether oxygens (including phenoxy) is 2. The van der Waals surface area contributed by atoms with E-state index in [4.69, 9.17) is 19.6 Å². The predicted molar refractivity (Wildman–Crippen MR) is 98.2 cm³/mol. The number of fused-ring (bicyclic) bond motifs is 1. The van der Waals surface area contributed by atoms with E-state index < -0.39 is 0 Å². The molecule has 5 heteroatoms. The van der Waals surface area contributed by atoms with Crippen molar-refractivity contribution in [3.8, 4) is 11.5 Å². The van der Waals surface area contributed by atoms with Crippen LogP contribution in [0, 0.1) is 0 Å². The molecule has 0 saturated heterocycles. The second-order valence-corrected chi connectivity index (χ2v) is 5.87. The molecule has 25 heavy (non-hydrogen) atoms. The van der Waals surface area contributed by atoms with Crippen molar-refractivity contribution in [2.75, 3.05) is 20.3 Å². The Morgan fingerprint density at radius 3 is 2.52 bits per heavy atom. The minimum absolute atomic E-state index is 0.184. The van der Waals surface area contributed by atoms with Crippen molar-refractivity contribution in [3.63, 3.8) is 0 Å². The number of hydrogen-bond donors (Lipinski definition) is 1. The van der Waals surface area contributed by atoms with Gasteiger partial charge in [-0.1, -0.05) is 12.1 Å². The maximum absolute atomic E-state index is 9.10. The molecule has 5 nitrogen and oxygen atoms in total. The summed E-state index contributed by atoms with van der Waals surface area (Å²) in [6.45, 7) is 1.67. The zero-order chi connectivity index (χ0) is 17.5. The van der Waals surface area contributed by atoms with Gasteiger partial charge in [0.25, 0.3) is 0 Å². The summed E-state index contributed by atoms with van der Waals surface area (Å²) in [5, 5.41) is 9.10. The zero-order valence-corrected chi connectivity index (χ0v) is 14.5. The molecule has 0 fully saturated rings. The molecular weight excluding hydrogens is 316 g/mol. The summed E-state index contributed by atoms with van der Waals surface area (Å²) in [6, 6.07) is 15.8. The van der Waals surface area contributed by atoms with Gasteiger partial charge in [0.1, 0.15) is 17.3 Å². The summed E-state index contributed by atoms with van der Waals surface area (Å²) in [5.41, 5.74) is 2.14. The summed E-state index contributed by atoms with van der Waals surface area (Å²) in [4.78, 5) is 4.70. The lowest BCUT2D eigenvalue weighted by atomic mass is 10.3. The molecule has 0 saturated carbocycles. The molecule has 1 heterocycles. The number of imidazole rings is 1. The first-order valence-corrected chi connectivity index (χ1v) is 8.63. The number of aryl methyl sites for hydroxylation is 2. The molecule has 0 spiro atoms. The number of methoxy groups -OCH3 is 1. The molecule has 3 aromatic rings. The van der Waals surface area contributed by atoms with Crippen molar-refractivity contribution < 1.29 is 14.6 Å². The monoisotopic (exact) mass is 340 g/mol. The third-order valence-electron chi connectivity index (χ3n) is 4.15. The normalized spacial score (nSPS) is 11.0. The minimum Gasteiger partial charge on any atom is -0.497 e. The second kappa shape index (κ2) is 8.53. The van der Waals surface area contributed by atoms with Crippen molar-refractivity contribution >= 4 is 11.0 Å². The number of nitrogens with zero attached hydrogens (tertiary/aromatic N) is 2. The van der Waals surface area contributed by atoms with Gasteiger partial charge in [-0.05, 0) is 49.2 Å². The summed E-state index contributed by atoms with van der Waals surface area (Å²) >= 11 is 0. The van der Waals surface area contributed by atoms with Crippen LogP contribution >= 0.6 is 0 Å². The molecule has 2 aromatic carbocycles. The molecule has 1 N–H and O–H groups in total. The average molecular weight is 340 g/mol. The molecule has 1 aromatic heterocycles. The van der Waals surface area contributed by atoms with E-state index in [1.807, 2.05) is 42.5 Å². The number of benzene rings is 2. The summed E-state index contributed by atoms with van der Waals surface area (Å²) in [7, 11) is 1.65. The number of aromatic nitrogens is 2. The van der Waals surface area contributed by atoms with Crippen molar-refractivity contribution in [1.29, 1.82) is 0 Å². The van der Waals surface area contributed by atoms with Gasteiger partial charge in [0, 0.05) is 19.6 Å². The Balaban J connectivity index is 1.61. The topological polar surface area (TPSA) is 56.5 Å². The second-order valence-electron chi connectivity index (χ2n) is 5.87. The van der Waals surface area contributed by atoms with E-state index in [2.05, 4.69) is 10.6 Å². The molecule has 0 unspecified atom stereocenters. The van der Waals surface area contributed by atoms with Crippen LogP contribution in [0.1, 0.15) is 18.7 Å². The fourth-order valence-corrected chi connectivity index (χ4v) is 2.89. The lowest BCUT2D eigenvalue weighted by Crippen LogP contribution is -2.08. The number of para-hydroxylation sites is 2. The van der Waals surface area contributed by atoms with E-state index in [0.29, 0.717) is 6.61 Å². The van der Waals surface area contributed by atoms with Crippen molar-refractivity contribution in [2.45, 2.75) is 25.8 Å². The fourth-order valence-electron chi connectivity index (χ4n) is 2.89. The predicted octanol–water partition coefficient (Wildman–Crippen LogP) is 3.44. The maximum Gasteiger partial charge on any atom is 0.119 e. The molecule has 0 aliphatic heterocycles. The molecule has 0 atom stereocenters. The Labute approximate surface area is 147 Å². The quantitative estimate of drug-likeness (QED) is 0.606. The van der Waals surface area contributed by atoms with Crippen LogP contribution in [-0.2, 0) is 13.0 Å². The fraction of sp³-hybridized carbons (Fsp3) is 0.350. The van der Waals surface area contributed by atoms with Crippen molar-refractivity contribution in [2.24, 2.45) is 0 Å². The molecule has 0 aliphatic rings. The number of aliphatic hydroxyl groups is 1. The maximum atomic E-state index is 9.10. The molecule has 3 rings (SSSR count). The largest absolute Gasteiger partial charge is 0.497 e. The van der Waals surface area contributed by atoms with Gasteiger partial charge in [-0.15, -0.1) is 0 Å². The van der Waals surface area contributed by atoms with E-state index in [9.17, 15) is 0 Å². The summed E-state index contributed by atoms with van der Waals surface area (Å²) in [5.74, 6) is 2.70. The summed E-state index contributed by atoms with van der Waals surface area (Å²) in [6.07, 6.45) is 2.40. The van der Waals surface area contributed by atoms with Crippen LogP contribution < -0.4 is 9.47 Å². The van der Waals surface area contributed by atoms with Crippen LogP contribution in [0.5, 0.6) is 11.5 Å². The number of rotatable bonds is 9. The summed E-state index contributed by atoms with van der Waals surface area (Å²) < 4.78 is 13.2. The number of hydrogen-bond acceptors (Lipinski definition) is 4. The van der Waals surface area contributed by atoms with E-state index in [-0.39, 0.29) is 6.61 Å². The highest BCUT2D eigenvalue weighted by Crippen LogP contribution is 2.19. The molecule has 132 valence electrons.